The van der Waals surface area contributed by atoms with Gasteiger partial charge in [0, 0.05) is 19.6 Å². The molecule has 9 heteroatoms. The zero-order valence-corrected chi connectivity index (χ0v) is 11.6. The molecule has 3 atom stereocenters. The van der Waals surface area contributed by atoms with E-state index in [1.54, 1.807) is 0 Å². The SMILES string of the molecule is Nc1nc(NCC2CO2)nc(N(CC2CO2)CC2CO2)n1. The summed E-state index contributed by atoms with van der Waals surface area (Å²) in [7, 11) is 0. The fraction of sp³-hybridized carbons (Fsp3) is 0.750. The Morgan fingerprint density at radius 1 is 1.00 bits per heavy atom. The largest absolute Gasteiger partial charge is 0.371 e. The second-order valence-corrected chi connectivity index (χ2v) is 5.47. The lowest BCUT2D eigenvalue weighted by molar-refractivity contribution is 0.387. The van der Waals surface area contributed by atoms with Gasteiger partial charge < -0.3 is 30.2 Å². The van der Waals surface area contributed by atoms with Crippen LogP contribution in [0.1, 0.15) is 0 Å². The summed E-state index contributed by atoms with van der Waals surface area (Å²) in [5, 5.41) is 3.12. The number of ether oxygens (including phenoxy) is 3. The zero-order chi connectivity index (χ0) is 14.2. The Hall–Kier alpha value is -1.71. The van der Waals surface area contributed by atoms with Gasteiger partial charge in [0.25, 0.3) is 0 Å². The Labute approximate surface area is 121 Å². The molecule has 0 aromatic carbocycles. The van der Waals surface area contributed by atoms with Crippen LogP contribution in [0.4, 0.5) is 17.8 Å². The van der Waals surface area contributed by atoms with Crippen LogP contribution < -0.4 is 16.0 Å². The molecule has 0 saturated carbocycles. The van der Waals surface area contributed by atoms with Gasteiger partial charge in [-0.3, -0.25) is 0 Å². The van der Waals surface area contributed by atoms with Gasteiger partial charge in [0.2, 0.25) is 17.8 Å². The molecule has 3 N–H and O–H groups in total. The molecule has 0 amide bonds. The first-order chi connectivity index (χ1) is 10.3. The summed E-state index contributed by atoms with van der Waals surface area (Å²) in [5.41, 5.74) is 5.79. The summed E-state index contributed by atoms with van der Waals surface area (Å²) in [6.07, 6.45) is 0.748. The Balaban J connectivity index is 1.48. The second-order valence-electron chi connectivity index (χ2n) is 5.47. The minimum Gasteiger partial charge on any atom is -0.371 e. The van der Waals surface area contributed by atoms with E-state index in [2.05, 4.69) is 20.3 Å². The number of rotatable bonds is 8. The molecular formula is C12H18N6O3. The fourth-order valence-corrected chi connectivity index (χ4v) is 2.07. The van der Waals surface area contributed by atoms with Gasteiger partial charge in [-0.25, -0.2) is 0 Å². The molecule has 1 aromatic rings. The lowest BCUT2D eigenvalue weighted by Crippen LogP contribution is -2.33. The van der Waals surface area contributed by atoms with Crippen LogP contribution in [-0.4, -0.2) is 72.7 Å². The molecule has 0 bridgehead atoms. The summed E-state index contributed by atoms with van der Waals surface area (Å²) in [5.74, 6) is 1.25. The predicted octanol–water partition coefficient (Wildman–Crippen LogP) is -1.13. The number of nitrogens with one attached hydrogen (secondary N) is 1. The van der Waals surface area contributed by atoms with Crippen molar-refractivity contribution < 1.29 is 14.2 Å². The monoisotopic (exact) mass is 294 g/mol. The summed E-state index contributed by atoms with van der Waals surface area (Å²) in [4.78, 5) is 14.8. The predicted molar refractivity (Wildman–Crippen MR) is 74.2 cm³/mol. The first-order valence-corrected chi connectivity index (χ1v) is 7.11. The Morgan fingerprint density at radius 3 is 2.19 bits per heavy atom. The number of hydrogen-bond acceptors (Lipinski definition) is 9. The van der Waals surface area contributed by atoms with Crippen molar-refractivity contribution in [2.24, 2.45) is 0 Å². The third-order valence-corrected chi connectivity index (χ3v) is 3.47. The number of anilines is 3. The van der Waals surface area contributed by atoms with Crippen LogP contribution >= 0.6 is 0 Å². The average Bonchev–Trinajstić information content (AvgIpc) is 3.32. The maximum atomic E-state index is 5.79. The maximum absolute atomic E-state index is 5.79. The molecule has 4 heterocycles. The summed E-state index contributed by atoms with van der Waals surface area (Å²) in [6, 6.07) is 0. The number of nitrogen functional groups attached to an aromatic ring is 1. The van der Waals surface area contributed by atoms with Crippen LogP contribution in [0.2, 0.25) is 0 Å². The van der Waals surface area contributed by atoms with Crippen molar-refractivity contribution in [1.29, 1.82) is 0 Å². The average molecular weight is 294 g/mol. The van der Waals surface area contributed by atoms with E-state index in [4.69, 9.17) is 19.9 Å². The number of aromatic nitrogens is 3. The van der Waals surface area contributed by atoms with E-state index in [1.807, 2.05) is 4.90 Å². The lowest BCUT2D eigenvalue weighted by Gasteiger charge is -2.21. The van der Waals surface area contributed by atoms with E-state index in [0.717, 1.165) is 32.9 Å². The quantitative estimate of drug-likeness (QED) is 0.574. The van der Waals surface area contributed by atoms with Gasteiger partial charge in [-0.1, -0.05) is 0 Å². The van der Waals surface area contributed by atoms with Gasteiger partial charge in [-0.2, -0.15) is 15.0 Å². The zero-order valence-electron chi connectivity index (χ0n) is 11.6. The van der Waals surface area contributed by atoms with E-state index in [0.29, 0.717) is 18.4 Å². The van der Waals surface area contributed by atoms with E-state index in [-0.39, 0.29) is 24.3 Å². The molecule has 0 radical (unpaired) electrons. The van der Waals surface area contributed by atoms with Crippen molar-refractivity contribution >= 4 is 17.8 Å². The van der Waals surface area contributed by atoms with Crippen LogP contribution in [0.3, 0.4) is 0 Å². The number of epoxide rings is 3. The normalized spacial score (nSPS) is 29.0. The van der Waals surface area contributed by atoms with Crippen LogP contribution in [0, 0.1) is 0 Å². The minimum absolute atomic E-state index is 0.206. The minimum atomic E-state index is 0.206. The van der Waals surface area contributed by atoms with Gasteiger partial charge in [-0.15, -0.1) is 0 Å². The molecule has 0 spiro atoms. The highest BCUT2D eigenvalue weighted by atomic mass is 16.6. The molecule has 114 valence electrons. The fourth-order valence-electron chi connectivity index (χ4n) is 2.07. The van der Waals surface area contributed by atoms with E-state index in [1.165, 1.54) is 0 Å². The highest BCUT2D eigenvalue weighted by Gasteiger charge is 2.32. The van der Waals surface area contributed by atoms with Gasteiger partial charge >= 0.3 is 0 Å². The molecule has 3 aliphatic rings. The van der Waals surface area contributed by atoms with E-state index >= 15 is 0 Å². The molecule has 0 aliphatic carbocycles. The molecule has 1 aromatic heterocycles. The van der Waals surface area contributed by atoms with Gasteiger partial charge in [0.05, 0.1) is 38.1 Å². The van der Waals surface area contributed by atoms with Gasteiger partial charge in [0.15, 0.2) is 0 Å². The molecule has 3 unspecified atom stereocenters. The molecule has 9 nitrogen and oxygen atoms in total. The Morgan fingerprint density at radius 2 is 1.62 bits per heavy atom. The standard InChI is InChI=1S/C12H18N6O3/c13-10-15-11(14-1-7-4-19-7)17-12(16-10)18(2-8-5-20-8)3-9-6-21-9/h7-9H,1-6H2,(H3,13,14,15,16,17). The molecule has 4 rings (SSSR count). The summed E-state index contributed by atoms with van der Waals surface area (Å²) in [6.45, 7) is 4.52. The summed E-state index contributed by atoms with van der Waals surface area (Å²) >= 11 is 0. The van der Waals surface area contributed by atoms with E-state index in [9.17, 15) is 0 Å². The summed E-state index contributed by atoms with van der Waals surface area (Å²) < 4.78 is 15.7. The number of nitrogens with zero attached hydrogens (tertiary/aromatic N) is 4. The lowest BCUT2D eigenvalue weighted by atomic mass is 10.3. The van der Waals surface area contributed by atoms with E-state index < -0.39 is 0 Å². The molecule has 3 saturated heterocycles. The van der Waals surface area contributed by atoms with Crippen LogP contribution in [-0.2, 0) is 14.2 Å². The van der Waals surface area contributed by atoms with Crippen molar-refractivity contribution in [3.63, 3.8) is 0 Å². The van der Waals surface area contributed by atoms with Crippen molar-refractivity contribution in [3.8, 4) is 0 Å². The van der Waals surface area contributed by atoms with Gasteiger partial charge in [0.1, 0.15) is 0 Å². The number of nitrogens with two attached hydrogens (primary N) is 1. The Kier molecular flexibility index (Phi) is 3.24. The number of hydrogen-bond donors (Lipinski definition) is 2. The van der Waals surface area contributed by atoms with Crippen molar-refractivity contribution in [2.75, 3.05) is 55.4 Å². The smallest absolute Gasteiger partial charge is 0.232 e. The molecule has 3 aliphatic heterocycles. The molecule has 3 fully saturated rings. The Bertz CT molecular complexity index is 504. The van der Waals surface area contributed by atoms with Gasteiger partial charge in [-0.05, 0) is 0 Å². The van der Waals surface area contributed by atoms with Crippen LogP contribution in [0.15, 0.2) is 0 Å². The second kappa shape index (κ2) is 5.24. The van der Waals surface area contributed by atoms with Crippen LogP contribution in [0.25, 0.3) is 0 Å². The molecule has 21 heavy (non-hydrogen) atoms. The van der Waals surface area contributed by atoms with Crippen molar-refractivity contribution in [1.82, 2.24) is 15.0 Å². The molecular weight excluding hydrogens is 276 g/mol. The van der Waals surface area contributed by atoms with Crippen LogP contribution in [0.5, 0.6) is 0 Å². The third kappa shape index (κ3) is 3.69. The first kappa shape index (κ1) is 13.0. The topological polar surface area (TPSA) is 118 Å². The third-order valence-electron chi connectivity index (χ3n) is 3.47. The highest BCUT2D eigenvalue weighted by molar-refractivity contribution is 5.42. The van der Waals surface area contributed by atoms with Crippen molar-refractivity contribution in [2.45, 2.75) is 18.3 Å². The maximum Gasteiger partial charge on any atom is 0.232 e. The highest BCUT2D eigenvalue weighted by Crippen LogP contribution is 2.21. The first-order valence-electron chi connectivity index (χ1n) is 7.11. The van der Waals surface area contributed by atoms with Crippen molar-refractivity contribution in [3.05, 3.63) is 0 Å².